The molecular formula is C21H22N2O3S. The standard InChI is InChI=1S/C21H22N2O3S/c1-26-16-7-4-14(5-8-16)18-3-2-11-23(18)21(25)15-6-9-19-17(13-15)22-20(24)10-12-27-19/h4-9,13,18H,2-3,10-12H2,1H3,(H,22,24)/t18-/m1/s1. The summed E-state index contributed by atoms with van der Waals surface area (Å²) in [6, 6.07) is 13.6. The molecule has 0 spiro atoms. The SMILES string of the molecule is COc1ccc([C@H]2CCCN2C(=O)c2ccc3c(c2)NC(=O)CCS3)cc1. The van der Waals surface area contributed by atoms with E-state index in [1.807, 2.05) is 47.4 Å². The Kier molecular flexibility index (Phi) is 5.07. The third-order valence-corrected chi connectivity index (χ3v) is 6.18. The predicted molar refractivity (Wildman–Crippen MR) is 106 cm³/mol. The minimum Gasteiger partial charge on any atom is -0.497 e. The molecule has 27 heavy (non-hydrogen) atoms. The fourth-order valence-electron chi connectivity index (χ4n) is 3.70. The third kappa shape index (κ3) is 3.67. The van der Waals surface area contributed by atoms with Gasteiger partial charge in [0.1, 0.15) is 5.75 Å². The number of methoxy groups -OCH3 is 1. The maximum absolute atomic E-state index is 13.2. The van der Waals surface area contributed by atoms with E-state index in [9.17, 15) is 9.59 Å². The molecule has 2 aromatic rings. The summed E-state index contributed by atoms with van der Waals surface area (Å²) in [6.07, 6.45) is 2.43. The molecule has 4 rings (SSSR count). The zero-order valence-electron chi connectivity index (χ0n) is 15.2. The van der Waals surface area contributed by atoms with Crippen LogP contribution in [0.25, 0.3) is 0 Å². The van der Waals surface area contributed by atoms with E-state index in [-0.39, 0.29) is 17.9 Å². The Bertz CT molecular complexity index is 866. The topological polar surface area (TPSA) is 58.6 Å². The van der Waals surface area contributed by atoms with Crippen molar-refractivity contribution in [3.8, 4) is 5.75 Å². The Morgan fingerprint density at radius 3 is 2.81 bits per heavy atom. The number of likely N-dealkylation sites (tertiary alicyclic amines) is 1. The van der Waals surface area contributed by atoms with Gasteiger partial charge in [0.05, 0.1) is 18.8 Å². The van der Waals surface area contributed by atoms with E-state index in [0.717, 1.165) is 47.0 Å². The van der Waals surface area contributed by atoms with Gasteiger partial charge in [-0.1, -0.05) is 12.1 Å². The molecule has 2 aliphatic rings. The van der Waals surface area contributed by atoms with Gasteiger partial charge in [-0.2, -0.15) is 0 Å². The zero-order chi connectivity index (χ0) is 18.8. The first-order chi connectivity index (χ1) is 13.2. The van der Waals surface area contributed by atoms with Crippen LogP contribution in [0.15, 0.2) is 47.4 Å². The number of anilines is 1. The number of nitrogens with zero attached hydrogens (tertiary/aromatic N) is 1. The van der Waals surface area contributed by atoms with Crippen molar-refractivity contribution in [3.63, 3.8) is 0 Å². The molecule has 1 N–H and O–H groups in total. The number of hydrogen-bond acceptors (Lipinski definition) is 4. The average molecular weight is 382 g/mol. The number of rotatable bonds is 3. The lowest BCUT2D eigenvalue weighted by atomic mass is 10.0. The number of thioether (sulfide) groups is 1. The van der Waals surface area contributed by atoms with Crippen LogP contribution in [0.3, 0.4) is 0 Å². The molecule has 5 nitrogen and oxygen atoms in total. The molecule has 140 valence electrons. The van der Waals surface area contributed by atoms with E-state index < -0.39 is 0 Å². The summed E-state index contributed by atoms with van der Waals surface area (Å²) in [6.45, 7) is 0.744. The number of fused-ring (bicyclic) bond motifs is 1. The lowest BCUT2D eigenvalue weighted by Crippen LogP contribution is -2.30. The van der Waals surface area contributed by atoms with Crippen molar-refractivity contribution < 1.29 is 14.3 Å². The second-order valence-electron chi connectivity index (χ2n) is 6.79. The summed E-state index contributed by atoms with van der Waals surface area (Å²) in [7, 11) is 1.65. The van der Waals surface area contributed by atoms with Crippen molar-refractivity contribution in [2.45, 2.75) is 30.2 Å². The van der Waals surface area contributed by atoms with Gasteiger partial charge in [-0.15, -0.1) is 11.8 Å². The lowest BCUT2D eigenvalue weighted by Gasteiger charge is -2.25. The summed E-state index contributed by atoms with van der Waals surface area (Å²) >= 11 is 1.65. The van der Waals surface area contributed by atoms with Gasteiger partial charge in [0.25, 0.3) is 5.91 Å². The van der Waals surface area contributed by atoms with Crippen LogP contribution >= 0.6 is 11.8 Å². The smallest absolute Gasteiger partial charge is 0.254 e. The summed E-state index contributed by atoms with van der Waals surface area (Å²) in [5.41, 5.74) is 2.49. The van der Waals surface area contributed by atoms with Gasteiger partial charge >= 0.3 is 0 Å². The molecule has 0 bridgehead atoms. The summed E-state index contributed by atoms with van der Waals surface area (Å²) in [5, 5.41) is 2.92. The first-order valence-corrected chi connectivity index (χ1v) is 10.2. The minimum atomic E-state index is 0.00290. The first kappa shape index (κ1) is 17.9. The Labute approximate surface area is 163 Å². The van der Waals surface area contributed by atoms with Gasteiger partial charge in [-0.3, -0.25) is 9.59 Å². The Morgan fingerprint density at radius 1 is 1.22 bits per heavy atom. The molecule has 0 saturated carbocycles. The van der Waals surface area contributed by atoms with Gasteiger partial charge in [0, 0.05) is 29.2 Å². The van der Waals surface area contributed by atoms with E-state index in [2.05, 4.69) is 5.32 Å². The van der Waals surface area contributed by atoms with Crippen molar-refractivity contribution in [2.75, 3.05) is 24.7 Å². The summed E-state index contributed by atoms with van der Waals surface area (Å²) < 4.78 is 5.23. The van der Waals surface area contributed by atoms with Crippen molar-refractivity contribution in [3.05, 3.63) is 53.6 Å². The van der Waals surface area contributed by atoms with Crippen LogP contribution in [0.2, 0.25) is 0 Å². The average Bonchev–Trinajstić information content (AvgIpc) is 3.10. The predicted octanol–water partition coefficient (Wildman–Crippen LogP) is 4.11. The monoisotopic (exact) mass is 382 g/mol. The molecule has 2 aliphatic heterocycles. The van der Waals surface area contributed by atoms with E-state index in [4.69, 9.17) is 4.74 Å². The van der Waals surface area contributed by atoms with Crippen molar-refractivity contribution in [1.29, 1.82) is 0 Å². The highest BCUT2D eigenvalue weighted by Gasteiger charge is 2.31. The van der Waals surface area contributed by atoms with Crippen LogP contribution in [0.4, 0.5) is 5.69 Å². The summed E-state index contributed by atoms with van der Waals surface area (Å²) in [5.74, 6) is 1.59. The van der Waals surface area contributed by atoms with Gasteiger partial charge in [0.2, 0.25) is 5.91 Å². The van der Waals surface area contributed by atoms with Gasteiger partial charge in [0.15, 0.2) is 0 Å². The van der Waals surface area contributed by atoms with Crippen LogP contribution in [-0.4, -0.2) is 36.1 Å². The van der Waals surface area contributed by atoms with E-state index in [1.54, 1.807) is 18.9 Å². The fourth-order valence-corrected chi connectivity index (χ4v) is 4.64. The molecule has 0 aromatic heterocycles. The highest BCUT2D eigenvalue weighted by Crippen LogP contribution is 2.36. The quantitative estimate of drug-likeness (QED) is 0.868. The number of nitrogens with one attached hydrogen (secondary N) is 1. The van der Waals surface area contributed by atoms with Crippen molar-refractivity contribution in [1.82, 2.24) is 4.90 Å². The Hall–Kier alpha value is -2.47. The molecule has 2 aromatic carbocycles. The molecule has 1 saturated heterocycles. The second-order valence-corrected chi connectivity index (χ2v) is 7.92. The number of carbonyl (C=O) groups excluding carboxylic acids is 2. The van der Waals surface area contributed by atoms with Gasteiger partial charge < -0.3 is 15.0 Å². The van der Waals surface area contributed by atoms with Crippen LogP contribution in [0.5, 0.6) is 5.75 Å². The molecular weight excluding hydrogens is 360 g/mol. The highest BCUT2D eigenvalue weighted by molar-refractivity contribution is 7.99. The van der Waals surface area contributed by atoms with E-state index in [1.165, 1.54) is 0 Å². The number of amides is 2. The van der Waals surface area contributed by atoms with Crippen LogP contribution < -0.4 is 10.1 Å². The fraction of sp³-hybridized carbons (Fsp3) is 0.333. The number of benzene rings is 2. The number of carbonyl (C=O) groups is 2. The van der Waals surface area contributed by atoms with Crippen molar-refractivity contribution >= 4 is 29.3 Å². The molecule has 0 unspecified atom stereocenters. The second kappa shape index (κ2) is 7.64. The zero-order valence-corrected chi connectivity index (χ0v) is 16.1. The Balaban J connectivity index is 1.58. The molecule has 0 radical (unpaired) electrons. The third-order valence-electron chi connectivity index (χ3n) is 5.10. The van der Waals surface area contributed by atoms with E-state index in [0.29, 0.717) is 12.0 Å². The minimum absolute atomic E-state index is 0.00290. The normalized spacial score (nSPS) is 19.2. The lowest BCUT2D eigenvalue weighted by molar-refractivity contribution is -0.115. The van der Waals surface area contributed by atoms with Gasteiger partial charge in [-0.25, -0.2) is 0 Å². The van der Waals surface area contributed by atoms with E-state index >= 15 is 0 Å². The first-order valence-electron chi connectivity index (χ1n) is 9.17. The molecule has 1 fully saturated rings. The van der Waals surface area contributed by atoms with Crippen LogP contribution in [0.1, 0.15) is 41.2 Å². The number of ether oxygens (including phenoxy) is 1. The molecule has 1 atom stereocenters. The highest BCUT2D eigenvalue weighted by atomic mass is 32.2. The Morgan fingerprint density at radius 2 is 2.04 bits per heavy atom. The molecule has 2 amide bonds. The summed E-state index contributed by atoms with van der Waals surface area (Å²) in [4.78, 5) is 28.0. The maximum atomic E-state index is 13.2. The van der Waals surface area contributed by atoms with Crippen molar-refractivity contribution in [2.24, 2.45) is 0 Å². The molecule has 0 aliphatic carbocycles. The maximum Gasteiger partial charge on any atom is 0.254 e. The molecule has 6 heteroatoms. The van der Waals surface area contributed by atoms with Gasteiger partial charge in [-0.05, 0) is 48.7 Å². The number of hydrogen-bond donors (Lipinski definition) is 1. The van der Waals surface area contributed by atoms with Crippen LogP contribution in [0, 0.1) is 0 Å². The van der Waals surface area contributed by atoms with Crippen LogP contribution in [-0.2, 0) is 4.79 Å². The molecule has 2 heterocycles. The largest absolute Gasteiger partial charge is 0.497 e.